The van der Waals surface area contributed by atoms with Crippen molar-refractivity contribution in [2.24, 2.45) is 11.1 Å². The SMILES string of the molecule is COCC(C)(C)CNC(=O)c1nc(N[C@H]2CCCC[C@H]2NC(=N)N)c2cc(C)ccc2n1.Cl.Cl. The van der Waals surface area contributed by atoms with E-state index in [9.17, 15) is 4.79 Å². The van der Waals surface area contributed by atoms with Crippen LogP contribution in [-0.2, 0) is 4.74 Å². The number of aromatic nitrogens is 2. The summed E-state index contributed by atoms with van der Waals surface area (Å²) in [5.41, 5.74) is 7.20. The Hall–Kier alpha value is -2.36. The van der Waals surface area contributed by atoms with Crippen molar-refractivity contribution in [2.45, 2.75) is 58.5 Å². The first-order chi connectivity index (χ1) is 15.2. The number of benzene rings is 1. The van der Waals surface area contributed by atoms with Crippen LogP contribution in [0.4, 0.5) is 5.82 Å². The Morgan fingerprint density at radius 3 is 2.53 bits per heavy atom. The molecular weight excluding hydrogens is 477 g/mol. The van der Waals surface area contributed by atoms with Crippen LogP contribution in [0.15, 0.2) is 18.2 Å². The number of nitrogens with zero attached hydrogens (tertiary/aromatic N) is 2. The highest BCUT2D eigenvalue weighted by molar-refractivity contribution is 5.96. The molecule has 1 amide bonds. The van der Waals surface area contributed by atoms with Gasteiger partial charge in [0.1, 0.15) is 5.82 Å². The van der Waals surface area contributed by atoms with Crippen molar-refractivity contribution in [3.05, 3.63) is 29.6 Å². The lowest BCUT2D eigenvalue weighted by Gasteiger charge is -2.33. The molecule has 2 aromatic rings. The van der Waals surface area contributed by atoms with E-state index in [1.165, 1.54) is 0 Å². The molecule has 0 bridgehead atoms. The van der Waals surface area contributed by atoms with Gasteiger partial charge in [-0.3, -0.25) is 10.2 Å². The summed E-state index contributed by atoms with van der Waals surface area (Å²) >= 11 is 0. The molecule has 9 nitrogen and oxygen atoms in total. The van der Waals surface area contributed by atoms with Crippen LogP contribution >= 0.6 is 24.8 Å². The van der Waals surface area contributed by atoms with Gasteiger partial charge in [-0.2, -0.15) is 0 Å². The summed E-state index contributed by atoms with van der Waals surface area (Å²) in [6.07, 6.45) is 4.01. The number of hydrogen-bond donors (Lipinski definition) is 5. The molecule has 1 fully saturated rings. The minimum absolute atomic E-state index is 0. The van der Waals surface area contributed by atoms with Crippen LogP contribution in [-0.4, -0.2) is 54.2 Å². The molecule has 0 spiro atoms. The van der Waals surface area contributed by atoms with Crippen molar-refractivity contribution in [1.29, 1.82) is 5.41 Å². The fourth-order valence-corrected chi connectivity index (χ4v) is 4.15. The third-order valence-electron chi connectivity index (χ3n) is 5.75. The van der Waals surface area contributed by atoms with Gasteiger partial charge in [-0.25, -0.2) is 9.97 Å². The number of anilines is 1. The molecule has 34 heavy (non-hydrogen) atoms. The summed E-state index contributed by atoms with van der Waals surface area (Å²) < 4.78 is 5.23. The van der Waals surface area contributed by atoms with Gasteiger partial charge in [-0.1, -0.05) is 38.3 Å². The first kappa shape index (κ1) is 29.7. The van der Waals surface area contributed by atoms with Crippen LogP contribution in [0, 0.1) is 17.7 Å². The number of nitrogens with two attached hydrogens (primary N) is 1. The Balaban J connectivity index is 0.00000289. The van der Waals surface area contributed by atoms with E-state index in [1.54, 1.807) is 7.11 Å². The molecule has 0 radical (unpaired) electrons. The minimum atomic E-state index is -0.318. The number of ether oxygens (including phenoxy) is 1. The molecule has 2 atom stereocenters. The highest BCUT2D eigenvalue weighted by Crippen LogP contribution is 2.27. The van der Waals surface area contributed by atoms with E-state index in [-0.39, 0.29) is 60.0 Å². The Kier molecular flexibility index (Phi) is 11.3. The predicted molar refractivity (Wildman–Crippen MR) is 141 cm³/mol. The highest BCUT2D eigenvalue weighted by atomic mass is 35.5. The number of carbonyl (C=O) groups is 1. The van der Waals surface area contributed by atoms with Crippen molar-refractivity contribution in [1.82, 2.24) is 20.6 Å². The summed E-state index contributed by atoms with van der Waals surface area (Å²) in [6, 6.07) is 5.99. The first-order valence-corrected chi connectivity index (χ1v) is 11.1. The third kappa shape index (κ3) is 7.85. The summed E-state index contributed by atoms with van der Waals surface area (Å²) in [5.74, 6) is 0.402. The lowest BCUT2D eigenvalue weighted by atomic mass is 9.90. The normalized spacial score (nSPS) is 17.8. The number of nitrogens with one attached hydrogen (secondary N) is 4. The van der Waals surface area contributed by atoms with Crippen LogP contribution in [0.3, 0.4) is 0 Å². The predicted octanol–water partition coefficient (Wildman–Crippen LogP) is 3.39. The molecule has 190 valence electrons. The zero-order chi connectivity index (χ0) is 23.3. The smallest absolute Gasteiger partial charge is 0.289 e. The zero-order valence-corrected chi connectivity index (χ0v) is 21.9. The number of methoxy groups -OCH3 is 1. The molecule has 11 heteroatoms. The molecule has 1 heterocycles. The zero-order valence-electron chi connectivity index (χ0n) is 20.2. The van der Waals surface area contributed by atoms with E-state index >= 15 is 0 Å². The second-order valence-corrected chi connectivity index (χ2v) is 9.40. The van der Waals surface area contributed by atoms with Crippen LogP contribution in [0.25, 0.3) is 10.9 Å². The van der Waals surface area contributed by atoms with Crippen LogP contribution in [0.5, 0.6) is 0 Å². The van der Waals surface area contributed by atoms with Crippen LogP contribution in [0.1, 0.15) is 55.7 Å². The molecule has 1 aliphatic rings. The highest BCUT2D eigenvalue weighted by Gasteiger charge is 2.27. The molecular formula is C23H37Cl2N7O2. The van der Waals surface area contributed by atoms with Gasteiger partial charge in [-0.05, 0) is 31.9 Å². The maximum atomic E-state index is 12.9. The van der Waals surface area contributed by atoms with Gasteiger partial charge in [-0.15, -0.1) is 24.8 Å². The second-order valence-electron chi connectivity index (χ2n) is 9.40. The van der Waals surface area contributed by atoms with Crippen LogP contribution in [0.2, 0.25) is 0 Å². The minimum Gasteiger partial charge on any atom is -0.384 e. The van der Waals surface area contributed by atoms with Gasteiger partial charge in [0, 0.05) is 36.5 Å². The van der Waals surface area contributed by atoms with Crippen LogP contribution < -0.4 is 21.7 Å². The van der Waals surface area contributed by atoms with Gasteiger partial charge in [0.25, 0.3) is 5.91 Å². The Morgan fingerprint density at radius 1 is 1.21 bits per heavy atom. The fraction of sp³-hybridized carbons (Fsp3) is 0.565. The van der Waals surface area contributed by atoms with E-state index in [0.717, 1.165) is 36.6 Å². The molecule has 1 aromatic carbocycles. The standard InChI is InChI=1S/C23H35N7O2.2ClH/c1-14-9-10-16-15(11-14)19(28-17-7-5-6-8-18(17)29-22(24)25)30-20(27-16)21(31)26-12-23(2,3)13-32-4;;/h9-11,17-18H,5-8,12-13H2,1-4H3,(H,26,31)(H4,24,25,29)(H,27,28,30);2*1H/t17-,18+;;/m0../s1. The summed E-state index contributed by atoms with van der Waals surface area (Å²) in [7, 11) is 1.65. The van der Waals surface area contributed by atoms with Gasteiger partial charge < -0.3 is 26.4 Å². The molecule has 0 unspecified atom stereocenters. The third-order valence-corrected chi connectivity index (χ3v) is 5.75. The number of rotatable bonds is 8. The lowest BCUT2D eigenvalue weighted by Crippen LogP contribution is -2.50. The van der Waals surface area contributed by atoms with E-state index in [0.29, 0.717) is 24.5 Å². The van der Waals surface area contributed by atoms with Crippen molar-refractivity contribution < 1.29 is 9.53 Å². The van der Waals surface area contributed by atoms with Crippen molar-refractivity contribution in [3.63, 3.8) is 0 Å². The number of aryl methyl sites for hydroxylation is 1. The molecule has 1 aromatic heterocycles. The largest absolute Gasteiger partial charge is 0.384 e. The van der Waals surface area contributed by atoms with E-state index < -0.39 is 0 Å². The first-order valence-electron chi connectivity index (χ1n) is 11.1. The summed E-state index contributed by atoms with van der Waals surface area (Å²) in [6.45, 7) is 7.05. The maximum absolute atomic E-state index is 12.9. The Labute approximate surface area is 213 Å². The van der Waals surface area contributed by atoms with E-state index in [1.807, 2.05) is 39.0 Å². The number of fused-ring (bicyclic) bond motifs is 1. The molecule has 6 N–H and O–H groups in total. The number of carbonyl (C=O) groups excluding carboxylic acids is 1. The van der Waals surface area contributed by atoms with Gasteiger partial charge in [0.2, 0.25) is 5.82 Å². The van der Waals surface area contributed by atoms with Gasteiger partial charge in [0.15, 0.2) is 5.96 Å². The molecule has 3 rings (SSSR count). The number of amides is 1. The molecule has 0 aliphatic heterocycles. The maximum Gasteiger partial charge on any atom is 0.289 e. The topological polar surface area (TPSA) is 138 Å². The number of halogens is 2. The van der Waals surface area contributed by atoms with Gasteiger partial charge >= 0.3 is 0 Å². The summed E-state index contributed by atoms with van der Waals surface area (Å²) in [4.78, 5) is 22.0. The Bertz CT molecular complexity index is 987. The summed E-state index contributed by atoms with van der Waals surface area (Å²) in [5, 5.41) is 18.0. The second kappa shape index (κ2) is 12.9. The lowest BCUT2D eigenvalue weighted by molar-refractivity contribution is 0.0839. The number of guanidine groups is 1. The van der Waals surface area contributed by atoms with E-state index in [4.69, 9.17) is 15.9 Å². The average molecular weight is 515 g/mol. The Morgan fingerprint density at radius 2 is 1.88 bits per heavy atom. The fourth-order valence-electron chi connectivity index (χ4n) is 4.15. The van der Waals surface area contributed by atoms with Crippen molar-refractivity contribution >= 4 is 53.4 Å². The van der Waals surface area contributed by atoms with Gasteiger partial charge in [0.05, 0.1) is 12.1 Å². The number of hydrogen-bond acceptors (Lipinski definition) is 6. The quantitative estimate of drug-likeness (QED) is 0.269. The monoisotopic (exact) mass is 513 g/mol. The molecule has 1 aliphatic carbocycles. The average Bonchev–Trinajstić information content (AvgIpc) is 2.73. The van der Waals surface area contributed by atoms with Crippen molar-refractivity contribution in [3.8, 4) is 0 Å². The van der Waals surface area contributed by atoms with Crippen molar-refractivity contribution in [2.75, 3.05) is 25.6 Å². The molecule has 1 saturated carbocycles. The van der Waals surface area contributed by atoms with E-state index in [2.05, 4.69) is 25.9 Å². The molecule has 0 saturated heterocycles.